The summed E-state index contributed by atoms with van der Waals surface area (Å²) in [6.45, 7) is 3.73. The molecule has 1 aliphatic rings. The maximum atomic E-state index is 6.52. The molecule has 0 radical (unpaired) electrons. The molecule has 0 saturated carbocycles. The fourth-order valence-electron chi connectivity index (χ4n) is 3.35. The summed E-state index contributed by atoms with van der Waals surface area (Å²) in [5.74, 6) is 0. The highest BCUT2D eigenvalue weighted by Crippen LogP contribution is 2.31. The molecule has 0 bridgehead atoms. The Morgan fingerprint density at radius 1 is 0.963 bits per heavy atom. The van der Waals surface area contributed by atoms with Crippen molar-refractivity contribution >= 4 is 40.8 Å². The van der Waals surface area contributed by atoms with Crippen LogP contribution in [0.5, 0.6) is 0 Å². The van der Waals surface area contributed by atoms with Gasteiger partial charge in [0.25, 0.3) is 0 Å². The summed E-state index contributed by atoms with van der Waals surface area (Å²) in [6.07, 6.45) is 7.54. The van der Waals surface area contributed by atoms with E-state index in [0.29, 0.717) is 10.0 Å². The first-order valence-corrected chi connectivity index (χ1v) is 9.66. The topological polar surface area (TPSA) is 24.3 Å². The van der Waals surface area contributed by atoms with Gasteiger partial charge in [-0.2, -0.15) is 0 Å². The number of para-hydroxylation sites is 1. The van der Waals surface area contributed by atoms with Crippen molar-refractivity contribution in [2.24, 2.45) is 0 Å². The number of aromatic nitrogens is 2. The van der Waals surface area contributed by atoms with E-state index in [9.17, 15) is 0 Å². The van der Waals surface area contributed by atoms with Crippen molar-refractivity contribution in [3.05, 3.63) is 82.9 Å². The lowest BCUT2D eigenvalue weighted by molar-refractivity contribution is 0.368. The molecule has 0 atom stereocenters. The molecule has 0 unspecified atom stereocenters. The number of piperazine rings is 1. The lowest BCUT2D eigenvalue weighted by atomic mass is 10.1. The third kappa shape index (κ3) is 4.12. The van der Waals surface area contributed by atoms with E-state index in [2.05, 4.69) is 45.2 Å². The molecule has 6 heteroatoms. The number of rotatable bonds is 4. The Bertz CT molecular complexity index is 915. The molecule has 0 amide bonds. The van der Waals surface area contributed by atoms with Crippen molar-refractivity contribution in [2.75, 3.05) is 31.1 Å². The van der Waals surface area contributed by atoms with Gasteiger partial charge in [0.05, 0.1) is 17.0 Å². The number of hydrogen-bond donors (Lipinski definition) is 0. The molecule has 2 heterocycles. The summed E-state index contributed by atoms with van der Waals surface area (Å²) < 4.78 is 1.95. The molecule has 1 saturated heterocycles. The second-order valence-electron chi connectivity index (χ2n) is 6.46. The Kier molecular flexibility index (Phi) is 5.37. The zero-order chi connectivity index (χ0) is 18.6. The summed E-state index contributed by atoms with van der Waals surface area (Å²) in [5, 5.41) is 1.29. The van der Waals surface area contributed by atoms with Gasteiger partial charge in [0.1, 0.15) is 0 Å². The summed E-state index contributed by atoms with van der Waals surface area (Å²) in [5.41, 5.74) is 3.31. The van der Waals surface area contributed by atoms with Gasteiger partial charge in [-0.3, -0.25) is 0 Å². The van der Waals surface area contributed by atoms with Crippen LogP contribution < -0.4 is 4.90 Å². The maximum Gasteiger partial charge on any atom is 0.0987 e. The average Bonchev–Trinajstić information content (AvgIpc) is 3.21. The van der Waals surface area contributed by atoms with Crippen molar-refractivity contribution in [3.63, 3.8) is 0 Å². The molecule has 0 N–H and O–H groups in total. The van der Waals surface area contributed by atoms with Gasteiger partial charge in [0.2, 0.25) is 0 Å². The van der Waals surface area contributed by atoms with Crippen LogP contribution in [0.3, 0.4) is 0 Å². The van der Waals surface area contributed by atoms with Crippen molar-refractivity contribution < 1.29 is 0 Å². The second kappa shape index (κ2) is 8.07. The van der Waals surface area contributed by atoms with E-state index >= 15 is 0 Å². The summed E-state index contributed by atoms with van der Waals surface area (Å²) in [7, 11) is 0. The van der Waals surface area contributed by atoms with Gasteiger partial charge in [0.15, 0.2) is 0 Å². The fourth-order valence-corrected chi connectivity index (χ4v) is 3.86. The minimum Gasteiger partial charge on any atom is -0.368 e. The van der Waals surface area contributed by atoms with Crippen molar-refractivity contribution in [1.82, 2.24) is 14.5 Å². The van der Waals surface area contributed by atoms with Gasteiger partial charge < -0.3 is 14.4 Å². The van der Waals surface area contributed by atoms with Gasteiger partial charge in [-0.1, -0.05) is 41.4 Å². The molecular weight excluding hydrogens is 379 g/mol. The molecule has 0 spiro atoms. The first kappa shape index (κ1) is 18.0. The number of nitrogens with zero attached hydrogens (tertiary/aromatic N) is 4. The molecule has 1 aromatic heterocycles. The number of benzene rings is 2. The number of halogens is 2. The standard InChI is InChI=1S/C21H20Cl2N4/c22-17-6-7-19(20(23)14-17)21(15-25-9-8-24-16-25)27-12-10-26(11-13-27)18-4-2-1-3-5-18/h1-9,14-16H,10-13H2. The molecule has 4 rings (SSSR count). The van der Waals surface area contributed by atoms with Gasteiger partial charge in [-0.15, -0.1) is 0 Å². The maximum absolute atomic E-state index is 6.52. The van der Waals surface area contributed by atoms with Crippen LogP contribution in [-0.2, 0) is 0 Å². The molecule has 2 aromatic carbocycles. The molecule has 0 aliphatic carbocycles. The van der Waals surface area contributed by atoms with E-state index in [1.54, 1.807) is 18.6 Å². The van der Waals surface area contributed by atoms with E-state index in [0.717, 1.165) is 37.4 Å². The molecule has 3 aromatic rings. The van der Waals surface area contributed by atoms with E-state index < -0.39 is 0 Å². The minimum atomic E-state index is 0.639. The van der Waals surface area contributed by atoms with Crippen LogP contribution in [0.2, 0.25) is 10.0 Å². The molecule has 4 nitrogen and oxygen atoms in total. The molecule has 1 fully saturated rings. The number of anilines is 1. The zero-order valence-corrected chi connectivity index (χ0v) is 16.3. The van der Waals surface area contributed by atoms with E-state index in [1.807, 2.05) is 29.0 Å². The normalized spacial score (nSPS) is 15.3. The van der Waals surface area contributed by atoms with Gasteiger partial charge >= 0.3 is 0 Å². The van der Waals surface area contributed by atoms with Crippen LogP contribution in [-0.4, -0.2) is 40.6 Å². The van der Waals surface area contributed by atoms with Gasteiger partial charge in [-0.25, -0.2) is 4.98 Å². The first-order valence-electron chi connectivity index (χ1n) is 8.90. The predicted octanol–water partition coefficient (Wildman–Crippen LogP) is 4.97. The molecule has 138 valence electrons. The van der Waals surface area contributed by atoms with E-state index in [1.165, 1.54) is 5.69 Å². The molecule has 1 aliphatic heterocycles. The lowest BCUT2D eigenvalue weighted by Crippen LogP contribution is -2.45. The van der Waals surface area contributed by atoms with Crippen LogP contribution in [0.15, 0.2) is 67.3 Å². The Morgan fingerprint density at radius 3 is 2.41 bits per heavy atom. The lowest BCUT2D eigenvalue weighted by Gasteiger charge is -2.38. The third-order valence-corrected chi connectivity index (χ3v) is 5.29. The van der Waals surface area contributed by atoms with E-state index in [4.69, 9.17) is 23.2 Å². The molecular formula is C21H20Cl2N4. The fraction of sp³-hybridized carbons (Fsp3) is 0.190. The average molecular weight is 399 g/mol. The van der Waals surface area contributed by atoms with Crippen LogP contribution in [0.1, 0.15) is 5.56 Å². The number of hydrogen-bond acceptors (Lipinski definition) is 3. The quantitative estimate of drug-likeness (QED) is 0.619. The van der Waals surface area contributed by atoms with Crippen LogP contribution in [0, 0.1) is 0 Å². The van der Waals surface area contributed by atoms with Crippen molar-refractivity contribution in [1.29, 1.82) is 0 Å². The Hall–Kier alpha value is -2.43. The first-order chi connectivity index (χ1) is 13.2. The summed E-state index contributed by atoms with van der Waals surface area (Å²) in [6, 6.07) is 16.2. The Labute approximate surface area is 169 Å². The van der Waals surface area contributed by atoms with Crippen molar-refractivity contribution in [3.8, 4) is 0 Å². The van der Waals surface area contributed by atoms with Gasteiger partial charge in [-0.05, 0) is 30.3 Å². The highest BCUT2D eigenvalue weighted by atomic mass is 35.5. The van der Waals surface area contributed by atoms with E-state index in [-0.39, 0.29) is 0 Å². The third-order valence-electron chi connectivity index (χ3n) is 4.75. The monoisotopic (exact) mass is 398 g/mol. The minimum absolute atomic E-state index is 0.639. The van der Waals surface area contributed by atoms with Crippen LogP contribution in [0.4, 0.5) is 5.69 Å². The van der Waals surface area contributed by atoms with Crippen molar-refractivity contribution in [2.45, 2.75) is 0 Å². The summed E-state index contributed by atoms with van der Waals surface area (Å²) >= 11 is 12.6. The van der Waals surface area contributed by atoms with Crippen LogP contribution in [0.25, 0.3) is 11.9 Å². The predicted molar refractivity (Wildman–Crippen MR) is 113 cm³/mol. The van der Waals surface area contributed by atoms with Crippen LogP contribution >= 0.6 is 23.2 Å². The smallest absolute Gasteiger partial charge is 0.0987 e. The number of imidazole rings is 1. The SMILES string of the molecule is Clc1ccc(C(=Cn2ccnc2)N2CCN(c3ccccc3)CC2)c(Cl)c1. The highest BCUT2D eigenvalue weighted by molar-refractivity contribution is 6.35. The highest BCUT2D eigenvalue weighted by Gasteiger charge is 2.21. The van der Waals surface area contributed by atoms with Gasteiger partial charge in [0, 0.05) is 61.0 Å². The largest absolute Gasteiger partial charge is 0.368 e. The Balaban J connectivity index is 1.60. The summed E-state index contributed by atoms with van der Waals surface area (Å²) in [4.78, 5) is 8.92. The molecule has 27 heavy (non-hydrogen) atoms. The second-order valence-corrected chi connectivity index (χ2v) is 7.30. The Morgan fingerprint density at radius 2 is 1.74 bits per heavy atom. The zero-order valence-electron chi connectivity index (χ0n) is 14.8.